The molecule has 1 atom stereocenters. The van der Waals surface area contributed by atoms with Crippen molar-refractivity contribution in [1.82, 2.24) is 19.8 Å². The van der Waals surface area contributed by atoms with Crippen LogP contribution in [0.3, 0.4) is 0 Å². The van der Waals surface area contributed by atoms with Gasteiger partial charge in [0.05, 0.1) is 30.4 Å². The van der Waals surface area contributed by atoms with Gasteiger partial charge in [0.2, 0.25) is 5.91 Å². The largest absolute Gasteiger partial charge is 0.497 e. The first kappa shape index (κ1) is 19.6. The van der Waals surface area contributed by atoms with Gasteiger partial charge in [-0.25, -0.2) is 4.98 Å². The summed E-state index contributed by atoms with van der Waals surface area (Å²) in [5, 5.41) is 3.42. The van der Waals surface area contributed by atoms with Crippen LogP contribution in [0, 0.1) is 0 Å². The van der Waals surface area contributed by atoms with Crippen molar-refractivity contribution in [3.05, 3.63) is 70.8 Å². The normalized spacial score (nSPS) is 12.1. The number of nitrogens with zero attached hydrogens (tertiary/aromatic N) is 3. The van der Waals surface area contributed by atoms with Gasteiger partial charge in [0.15, 0.2) is 0 Å². The van der Waals surface area contributed by atoms with Crippen molar-refractivity contribution >= 4 is 16.8 Å². The highest BCUT2D eigenvalue weighted by Gasteiger charge is 2.16. The van der Waals surface area contributed by atoms with Crippen LogP contribution in [0.4, 0.5) is 0 Å². The van der Waals surface area contributed by atoms with E-state index < -0.39 is 0 Å². The number of hydrogen-bond acceptors (Lipinski definition) is 5. The summed E-state index contributed by atoms with van der Waals surface area (Å²) < 4.78 is 6.52. The number of likely N-dealkylation sites (N-methyl/N-ethyl adjacent to an activating group) is 1. The van der Waals surface area contributed by atoms with Crippen molar-refractivity contribution in [1.29, 1.82) is 0 Å². The fraction of sp³-hybridized carbons (Fsp3) is 0.286. The molecule has 3 rings (SSSR count). The van der Waals surface area contributed by atoms with E-state index in [4.69, 9.17) is 4.74 Å². The molecule has 1 N–H and O–H groups in total. The van der Waals surface area contributed by atoms with Crippen LogP contribution in [-0.2, 0) is 11.3 Å². The lowest BCUT2D eigenvalue weighted by Gasteiger charge is -2.25. The van der Waals surface area contributed by atoms with Crippen LogP contribution in [0.2, 0.25) is 0 Å². The Balaban J connectivity index is 1.68. The van der Waals surface area contributed by atoms with Crippen LogP contribution in [0.5, 0.6) is 5.75 Å². The van der Waals surface area contributed by atoms with E-state index >= 15 is 0 Å². The molecule has 0 spiro atoms. The minimum atomic E-state index is -0.237. The lowest BCUT2D eigenvalue weighted by atomic mass is 10.1. The third-order valence-electron chi connectivity index (χ3n) is 4.66. The molecule has 0 aliphatic rings. The van der Waals surface area contributed by atoms with Gasteiger partial charge in [-0.05, 0) is 43.9 Å². The van der Waals surface area contributed by atoms with Crippen LogP contribution < -0.4 is 15.6 Å². The summed E-state index contributed by atoms with van der Waals surface area (Å²) in [4.78, 5) is 31.2. The highest BCUT2D eigenvalue weighted by molar-refractivity contribution is 5.78. The summed E-state index contributed by atoms with van der Waals surface area (Å²) >= 11 is 0. The third-order valence-corrected chi connectivity index (χ3v) is 4.66. The molecule has 7 nitrogen and oxygen atoms in total. The van der Waals surface area contributed by atoms with Crippen LogP contribution >= 0.6 is 0 Å². The van der Waals surface area contributed by atoms with Crippen molar-refractivity contribution in [3.8, 4) is 5.75 Å². The number of benzene rings is 2. The van der Waals surface area contributed by atoms with E-state index in [2.05, 4.69) is 10.3 Å². The standard InChI is InChI=1S/C21H24N4O3/c1-24(2)19(15-8-10-16(28-3)11-9-15)12-22-20(26)13-25-14-23-18-7-5-4-6-17(18)21(25)27/h4-11,14,19H,12-13H2,1-3H3,(H,22,26)/t19-/m1/s1. The molecule has 1 aromatic heterocycles. The Morgan fingerprint density at radius 3 is 2.57 bits per heavy atom. The van der Waals surface area contributed by atoms with Gasteiger partial charge in [-0.2, -0.15) is 0 Å². The maximum Gasteiger partial charge on any atom is 0.261 e. The zero-order chi connectivity index (χ0) is 20.1. The van der Waals surface area contributed by atoms with E-state index in [1.165, 1.54) is 10.9 Å². The molecule has 0 saturated carbocycles. The number of hydrogen-bond donors (Lipinski definition) is 1. The van der Waals surface area contributed by atoms with E-state index in [1.54, 1.807) is 25.3 Å². The highest BCUT2D eigenvalue weighted by atomic mass is 16.5. The molecule has 28 heavy (non-hydrogen) atoms. The number of carbonyl (C=O) groups is 1. The molecular weight excluding hydrogens is 356 g/mol. The molecule has 3 aromatic rings. The number of para-hydroxylation sites is 1. The molecule has 2 aromatic carbocycles. The number of carbonyl (C=O) groups excluding carboxylic acids is 1. The third kappa shape index (κ3) is 4.37. The zero-order valence-corrected chi connectivity index (χ0v) is 16.3. The van der Waals surface area contributed by atoms with E-state index in [1.807, 2.05) is 49.3 Å². The maximum absolute atomic E-state index is 12.5. The van der Waals surface area contributed by atoms with Gasteiger partial charge in [-0.15, -0.1) is 0 Å². The molecule has 0 bridgehead atoms. The van der Waals surface area contributed by atoms with Crippen molar-refractivity contribution in [2.24, 2.45) is 0 Å². The Labute approximate surface area is 163 Å². The average Bonchev–Trinajstić information content (AvgIpc) is 2.70. The predicted molar refractivity (Wildman–Crippen MR) is 108 cm³/mol. The topological polar surface area (TPSA) is 76.5 Å². The van der Waals surface area contributed by atoms with Gasteiger partial charge in [-0.1, -0.05) is 24.3 Å². The fourth-order valence-electron chi connectivity index (χ4n) is 3.06. The lowest BCUT2D eigenvalue weighted by molar-refractivity contribution is -0.121. The number of nitrogens with one attached hydrogen (secondary N) is 1. The zero-order valence-electron chi connectivity index (χ0n) is 16.3. The summed E-state index contributed by atoms with van der Waals surface area (Å²) in [5.41, 5.74) is 1.46. The van der Waals surface area contributed by atoms with Crippen molar-refractivity contribution in [2.75, 3.05) is 27.7 Å². The van der Waals surface area contributed by atoms with Crippen molar-refractivity contribution in [3.63, 3.8) is 0 Å². The van der Waals surface area contributed by atoms with Crippen LogP contribution in [-0.4, -0.2) is 48.1 Å². The molecule has 1 heterocycles. The minimum Gasteiger partial charge on any atom is -0.497 e. The summed E-state index contributed by atoms with van der Waals surface area (Å²) in [5.74, 6) is 0.549. The molecule has 0 unspecified atom stereocenters. The molecule has 7 heteroatoms. The summed E-state index contributed by atoms with van der Waals surface area (Å²) in [6.07, 6.45) is 1.41. The van der Waals surface area contributed by atoms with Crippen LogP contribution in [0.25, 0.3) is 10.9 Å². The first-order valence-corrected chi connectivity index (χ1v) is 9.01. The Hall–Kier alpha value is -3.19. The quantitative estimate of drug-likeness (QED) is 0.677. The van der Waals surface area contributed by atoms with Gasteiger partial charge in [0, 0.05) is 6.54 Å². The van der Waals surface area contributed by atoms with Gasteiger partial charge < -0.3 is 15.0 Å². The molecule has 0 radical (unpaired) electrons. The molecule has 0 fully saturated rings. The number of methoxy groups -OCH3 is 1. The number of fused-ring (bicyclic) bond motifs is 1. The Morgan fingerprint density at radius 1 is 1.18 bits per heavy atom. The van der Waals surface area contributed by atoms with Gasteiger partial charge >= 0.3 is 0 Å². The molecular formula is C21H24N4O3. The SMILES string of the molecule is COc1ccc([C@@H](CNC(=O)Cn2cnc3ccccc3c2=O)N(C)C)cc1. The Morgan fingerprint density at radius 2 is 1.89 bits per heavy atom. The van der Waals surface area contributed by atoms with Crippen molar-refractivity contribution < 1.29 is 9.53 Å². The smallest absolute Gasteiger partial charge is 0.261 e. The van der Waals surface area contributed by atoms with E-state index in [9.17, 15) is 9.59 Å². The Kier molecular flexibility index (Phi) is 6.06. The lowest BCUT2D eigenvalue weighted by Crippen LogP contribution is -2.37. The van der Waals surface area contributed by atoms with E-state index in [0.29, 0.717) is 17.4 Å². The average molecular weight is 380 g/mol. The fourth-order valence-corrected chi connectivity index (χ4v) is 3.06. The van der Waals surface area contributed by atoms with Crippen LogP contribution in [0.15, 0.2) is 59.7 Å². The second-order valence-electron chi connectivity index (χ2n) is 6.75. The number of aromatic nitrogens is 2. The maximum atomic E-state index is 12.5. The van der Waals surface area contributed by atoms with E-state index in [-0.39, 0.29) is 24.1 Å². The first-order valence-electron chi connectivity index (χ1n) is 9.01. The monoisotopic (exact) mass is 380 g/mol. The molecule has 0 saturated heterocycles. The molecule has 0 aliphatic heterocycles. The summed E-state index contributed by atoms with van der Waals surface area (Å²) in [6, 6.07) is 14.9. The van der Waals surface area contributed by atoms with Crippen molar-refractivity contribution in [2.45, 2.75) is 12.6 Å². The second-order valence-corrected chi connectivity index (χ2v) is 6.75. The molecule has 0 aliphatic carbocycles. The molecule has 1 amide bonds. The Bertz CT molecular complexity index is 1010. The highest BCUT2D eigenvalue weighted by Crippen LogP contribution is 2.20. The minimum absolute atomic E-state index is 0.00121. The second kappa shape index (κ2) is 8.67. The first-order chi connectivity index (χ1) is 13.5. The number of rotatable bonds is 7. The predicted octanol–water partition coefficient (Wildman–Crippen LogP) is 1.82. The van der Waals surface area contributed by atoms with Gasteiger partial charge in [-0.3, -0.25) is 14.2 Å². The summed E-state index contributed by atoms with van der Waals surface area (Å²) in [7, 11) is 5.54. The number of ether oxygens (including phenoxy) is 1. The van der Waals surface area contributed by atoms with Gasteiger partial charge in [0.1, 0.15) is 12.3 Å². The molecule has 146 valence electrons. The number of amides is 1. The van der Waals surface area contributed by atoms with Gasteiger partial charge in [0.25, 0.3) is 5.56 Å². The van der Waals surface area contributed by atoms with Crippen LogP contribution in [0.1, 0.15) is 11.6 Å². The summed E-state index contributed by atoms with van der Waals surface area (Å²) in [6.45, 7) is 0.355. The van der Waals surface area contributed by atoms with E-state index in [0.717, 1.165) is 11.3 Å².